The lowest BCUT2D eigenvalue weighted by atomic mass is 10.0. The van der Waals surface area contributed by atoms with E-state index in [9.17, 15) is 19.3 Å². The summed E-state index contributed by atoms with van der Waals surface area (Å²) in [5.74, 6) is -0.994. The molecule has 0 saturated heterocycles. The van der Waals surface area contributed by atoms with Crippen molar-refractivity contribution in [1.29, 1.82) is 0 Å². The number of phosphoric ester groups is 1. The number of carbonyl (C=O) groups excluding carboxylic acids is 2. The van der Waals surface area contributed by atoms with Gasteiger partial charge in [0.15, 0.2) is 6.10 Å². The molecule has 0 aromatic rings. The molecule has 328 valence electrons. The molecule has 0 aromatic heterocycles. The zero-order valence-corrected chi connectivity index (χ0v) is 36.7. The van der Waals surface area contributed by atoms with Gasteiger partial charge in [-0.25, -0.2) is 4.57 Å². The molecule has 0 aliphatic heterocycles. The minimum absolute atomic E-state index is 0.154. The molecule has 2 atom stereocenters. The van der Waals surface area contributed by atoms with Crippen LogP contribution in [0, 0.1) is 0 Å². The van der Waals surface area contributed by atoms with E-state index in [1.54, 1.807) is 6.08 Å². The Kier molecular flexibility index (Phi) is 39.7. The minimum Gasteiger partial charge on any atom is -0.462 e. The summed E-state index contributed by atoms with van der Waals surface area (Å²) < 4.78 is 26.4. The smallest absolute Gasteiger partial charge is 0.462 e. The van der Waals surface area contributed by atoms with Gasteiger partial charge in [0.05, 0.1) is 12.7 Å². The summed E-state index contributed by atoms with van der Waals surface area (Å²) in [4.78, 5) is 42.9. The van der Waals surface area contributed by atoms with Crippen molar-refractivity contribution in [3.8, 4) is 0 Å². The normalized spacial score (nSPS) is 13.7. The maximum Gasteiger partial charge on any atom is 0.469 e. The van der Waals surface area contributed by atoms with E-state index in [1.807, 2.05) is 42.5 Å². The molecule has 10 heteroatoms. The predicted octanol–water partition coefficient (Wildman–Crippen LogP) is 12.8. The largest absolute Gasteiger partial charge is 0.469 e. The molecule has 0 amide bonds. The number of hydrogen-bond donors (Lipinski definition) is 3. The summed E-state index contributed by atoms with van der Waals surface area (Å²) in [5, 5.41) is 9.98. The molecular formula is C47H81O9P. The molecule has 9 nitrogen and oxygen atoms in total. The van der Waals surface area contributed by atoms with Crippen LogP contribution >= 0.6 is 7.82 Å². The van der Waals surface area contributed by atoms with Crippen LogP contribution in [0.3, 0.4) is 0 Å². The zero-order valence-electron chi connectivity index (χ0n) is 35.8. The first kappa shape index (κ1) is 54.5. The SMILES string of the molecule is CC/C=C\C/C=C\CC(O)/C=C/C=C\C/C=C\CCCC(=O)OC[C@H](COP(=O)(O)O)OC(=O)CCCCCCCCCCCCC/C=C\CCCCCCCC. The van der Waals surface area contributed by atoms with Crippen molar-refractivity contribution in [3.05, 3.63) is 72.9 Å². The fourth-order valence-corrected chi connectivity index (χ4v) is 6.32. The zero-order chi connectivity index (χ0) is 41.9. The van der Waals surface area contributed by atoms with Gasteiger partial charge in [-0.15, -0.1) is 0 Å². The van der Waals surface area contributed by atoms with Crippen LogP contribution in [0.15, 0.2) is 72.9 Å². The van der Waals surface area contributed by atoms with Crippen LogP contribution in [-0.2, 0) is 28.2 Å². The van der Waals surface area contributed by atoms with E-state index in [0.29, 0.717) is 25.7 Å². The summed E-state index contributed by atoms with van der Waals surface area (Å²) in [6.07, 6.45) is 50.9. The molecule has 0 fully saturated rings. The van der Waals surface area contributed by atoms with Crippen molar-refractivity contribution in [3.63, 3.8) is 0 Å². The van der Waals surface area contributed by atoms with Gasteiger partial charge >= 0.3 is 19.8 Å². The summed E-state index contributed by atoms with van der Waals surface area (Å²) >= 11 is 0. The number of esters is 2. The number of rotatable bonds is 40. The van der Waals surface area contributed by atoms with Crippen molar-refractivity contribution in [2.75, 3.05) is 13.2 Å². The molecule has 0 radical (unpaired) electrons. The van der Waals surface area contributed by atoms with Gasteiger partial charge in [0, 0.05) is 12.8 Å². The van der Waals surface area contributed by atoms with E-state index in [2.05, 4.69) is 42.7 Å². The van der Waals surface area contributed by atoms with Crippen LogP contribution < -0.4 is 0 Å². The van der Waals surface area contributed by atoms with Gasteiger partial charge in [-0.2, -0.15) is 0 Å². The number of carbonyl (C=O) groups is 2. The Balaban J connectivity index is 4.02. The second kappa shape index (κ2) is 41.6. The lowest BCUT2D eigenvalue weighted by Gasteiger charge is -2.18. The Morgan fingerprint density at radius 1 is 0.561 bits per heavy atom. The number of unbranched alkanes of at least 4 members (excludes halogenated alkanes) is 18. The predicted molar refractivity (Wildman–Crippen MR) is 236 cm³/mol. The Labute approximate surface area is 347 Å². The first-order valence-electron chi connectivity index (χ1n) is 22.3. The second-order valence-corrected chi connectivity index (χ2v) is 16.1. The van der Waals surface area contributed by atoms with Crippen molar-refractivity contribution < 1.29 is 43.0 Å². The summed E-state index contributed by atoms with van der Waals surface area (Å²) in [7, 11) is -4.79. The van der Waals surface area contributed by atoms with Gasteiger partial charge in [0.2, 0.25) is 0 Å². The maximum absolute atomic E-state index is 12.4. The fraction of sp³-hybridized carbons (Fsp3) is 0.702. The van der Waals surface area contributed by atoms with Gasteiger partial charge in [-0.3, -0.25) is 14.1 Å². The van der Waals surface area contributed by atoms with Crippen LogP contribution in [-0.4, -0.2) is 52.3 Å². The molecule has 0 aliphatic carbocycles. The van der Waals surface area contributed by atoms with Crippen molar-refractivity contribution in [1.82, 2.24) is 0 Å². The molecule has 0 saturated carbocycles. The molecule has 0 heterocycles. The molecule has 0 spiro atoms. The highest BCUT2D eigenvalue weighted by Gasteiger charge is 2.22. The van der Waals surface area contributed by atoms with Crippen molar-refractivity contribution in [2.24, 2.45) is 0 Å². The molecule has 0 bridgehead atoms. The summed E-state index contributed by atoms with van der Waals surface area (Å²) in [5.41, 5.74) is 0. The summed E-state index contributed by atoms with van der Waals surface area (Å²) in [6.45, 7) is 3.45. The first-order valence-corrected chi connectivity index (χ1v) is 23.9. The minimum atomic E-state index is -4.79. The van der Waals surface area contributed by atoms with E-state index < -0.39 is 38.6 Å². The summed E-state index contributed by atoms with van der Waals surface area (Å²) in [6, 6.07) is 0. The molecule has 0 aliphatic rings. The molecular weight excluding hydrogens is 739 g/mol. The first-order chi connectivity index (χ1) is 27.7. The third-order valence-electron chi connectivity index (χ3n) is 9.29. The number of allylic oxidation sites excluding steroid dienone is 10. The Hall–Kier alpha value is -2.55. The number of aliphatic hydroxyl groups excluding tert-OH is 1. The highest BCUT2D eigenvalue weighted by Crippen LogP contribution is 2.36. The van der Waals surface area contributed by atoms with Crippen molar-refractivity contribution in [2.45, 2.75) is 199 Å². The average molecular weight is 821 g/mol. The monoisotopic (exact) mass is 821 g/mol. The third kappa shape index (κ3) is 44.4. The Bertz CT molecular complexity index is 1170. The average Bonchev–Trinajstić information content (AvgIpc) is 3.18. The lowest BCUT2D eigenvalue weighted by Crippen LogP contribution is -2.29. The molecule has 57 heavy (non-hydrogen) atoms. The van der Waals surface area contributed by atoms with E-state index in [0.717, 1.165) is 38.5 Å². The van der Waals surface area contributed by atoms with E-state index in [4.69, 9.17) is 19.3 Å². The van der Waals surface area contributed by atoms with Gasteiger partial charge in [-0.1, -0.05) is 177 Å². The standard InChI is InChI=1S/C47H81O9P/c1-3-5-7-9-11-12-13-14-15-16-17-18-19-20-21-22-23-24-29-33-37-41-47(50)56-45(43-55-57(51,52)53)42-54-46(49)40-36-32-28-26-25-27-31-35-39-44(48)38-34-30-10-8-6-4-2/h6,8,14-15,26-28,30-31,34-35,39,44-45,48H,3-5,7,9-13,16-25,29,32-33,36-38,40-43H2,1-2H3,(H2,51,52,53)/b8-6-,15-14-,28-26-,31-27-,34-30-,39-35+/t44?,45-/m1/s1. The van der Waals surface area contributed by atoms with Gasteiger partial charge in [0.1, 0.15) is 6.61 Å². The fourth-order valence-electron chi connectivity index (χ4n) is 5.96. The van der Waals surface area contributed by atoms with Gasteiger partial charge in [-0.05, 0) is 70.6 Å². The van der Waals surface area contributed by atoms with E-state index in [1.165, 1.54) is 96.3 Å². The number of aliphatic hydroxyl groups is 1. The Morgan fingerprint density at radius 3 is 1.68 bits per heavy atom. The number of phosphoric acid groups is 1. The highest BCUT2D eigenvalue weighted by atomic mass is 31.2. The van der Waals surface area contributed by atoms with Crippen LogP contribution in [0.5, 0.6) is 0 Å². The maximum atomic E-state index is 12.4. The van der Waals surface area contributed by atoms with Crippen LogP contribution in [0.2, 0.25) is 0 Å². The van der Waals surface area contributed by atoms with Crippen LogP contribution in [0.25, 0.3) is 0 Å². The van der Waals surface area contributed by atoms with E-state index >= 15 is 0 Å². The van der Waals surface area contributed by atoms with Gasteiger partial charge in [0.25, 0.3) is 0 Å². The number of ether oxygens (including phenoxy) is 2. The van der Waals surface area contributed by atoms with Gasteiger partial charge < -0.3 is 24.4 Å². The van der Waals surface area contributed by atoms with Crippen molar-refractivity contribution >= 4 is 19.8 Å². The molecule has 1 unspecified atom stereocenters. The third-order valence-corrected chi connectivity index (χ3v) is 9.77. The Morgan fingerprint density at radius 2 is 1.07 bits per heavy atom. The molecule has 3 N–H and O–H groups in total. The molecule has 0 aromatic carbocycles. The molecule has 0 rings (SSSR count). The van der Waals surface area contributed by atoms with Crippen LogP contribution in [0.4, 0.5) is 0 Å². The second-order valence-electron chi connectivity index (χ2n) is 14.8. The topological polar surface area (TPSA) is 140 Å². The number of hydrogen-bond acceptors (Lipinski definition) is 7. The lowest BCUT2D eigenvalue weighted by molar-refractivity contribution is -0.161. The van der Waals surface area contributed by atoms with E-state index in [-0.39, 0.29) is 19.4 Å². The van der Waals surface area contributed by atoms with Crippen LogP contribution in [0.1, 0.15) is 187 Å². The quantitative estimate of drug-likeness (QED) is 0.0181. The highest BCUT2D eigenvalue weighted by molar-refractivity contribution is 7.46.